The summed E-state index contributed by atoms with van der Waals surface area (Å²) in [5.74, 6) is -1.94. The van der Waals surface area contributed by atoms with Gasteiger partial charge in [-0.1, -0.05) is 13.8 Å². The molecule has 0 saturated heterocycles. The number of nitriles is 1. The molecule has 0 fully saturated rings. The van der Waals surface area contributed by atoms with Gasteiger partial charge in [0.2, 0.25) is 5.91 Å². The fraction of sp³-hybridized carbons (Fsp3) is 0.385. The summed E-state index contributed by atoms with van der Waals surface area (Å²) >= 11 is 2.93. The van der Waals surface area contributed by atoms with E-state index >= 15 is 0 Å². The number of anilines is 1. The van der Waals surface area contributed by atoms with Crippen LogP contribution in [0.15, 0.2) is 22.7 Å². The fourth-order valence-corrected chi connectivity index (χ4v) is 1.98. The molecule has 8 heteroatoms. The average molecular weight is 365 g/mol. The van der Waals surface area contributed by atoms with Gasteiger partial charge in [-0.05, 0) is 40.0 Å². The summed E-state index contributed by atoms with van der Waals surface area (Å²) in [5.41, 5.74) is 0.266. The summed E-state index contributed by atoms with van der Waals surface area (Å²) in [6.45, 7) is 3.45. The minimum atomic E-state index is -4.79. The normalized spacial score (nSPS) is 12.7. The summed E-state index contributed by atoms with van der Waals surface area (Å²) in [4.78, 5) is 11.9. The highest BCUT2D eigenvalue weighted by molar-refractivity contribution is 9.10. The van der Waals surface area contributed by atoms with Crippen LogP contribution in [0.2, 0.25) is 0 Å². The Balaban J connectivity index is 2.86. The summed E-state index contributed by atoms with van der Waals surface area (Å²) in [7, 11) is 0. The highest BCUT2D eigenvalue weighted by Gasteiger charge is 2.32. The van der Waals surface area contributed by atoms with Gasteiger partial charge in [-0.15, -0.1) is 13.2 Å². The van der Waals surface area contributed by atoms with Crippen molar-refractivity contribution in [3.05, 3.63) is 22.7 Å². The second-order valence-electron chi connectivity index (χ2n) is 4.53. The fourth-order valence-electron chi connectivity index (χ4n) is 1.52. The average Bonchev–Trinajstić information content (AvgIpc) is 2.31. The van der Waals surface area contributed by atoms with E-state index in [0.29, 0.717) is 0 Å². The molecule has 21 heavy (non-hydrogen) atoms. The molecule has 0 aliphatic carbocycles. The van der Waals surface area contributed by atoms with E-state index in [1.54, 1.807) is 13.8 Å². The third kappa shape index (κ3) is 5.27. The third-order valence-electron chi connectivity index (χ3n) is 2.51. The molecule has 0 aliphatic rings. The Labute approximate surface area is 128 Å². The van der Waals surface area contributed by atoms with Crippen LogP contribution in [0.3, 0.4) is 0 Å². The van der Waals surface area contributed by atoms with Crippen LogP contribution in [0.25, 0.3) is 0 Å². The molecule has 1 atom stereocenters. The molecule has 0 saturated carbocycles. The van der Waals surface area contributed by atoms with Crippen molar-refractivity contribution in [3.63, 3.8) is 0 Å². The number of alkyl halides is 3. The van der Waals surface area contributed by atoms with E-state index in [0.717, 1.165) is 6.07 Å². The molecule has 114 valence electrons. The number of benzene rings is 1. The minimum absolute atomic E-state index is 0.0377. The number of rotatable bonds is 4. The molecular formula is C13H12BrF3N2O2. The lowest BCUT2D eigenvalue weighted by Gasteiger charge is -2.15. The number of amides is 1. The smallest absolute Gasteiger partial charge is 0.405 e. The van der Waals surface area contributed by atoms with Gasteiger partial charge in [0.25, 0.3) is 0 Å². The molecule has 1 amide bonds. The molecule has 1 unspecified atom stereocenters. The van der Waals surface area contributed by atoms with Crippen molar-refractivity contribution in [2.24, 2.45) is 11.8 Å². The van der Waals surface area contributed by atoms with Crippen molar-refractivity contribution in [1.29, 1.82) is 5.26 Å². The lowest BCUT2D eigenvalue weighted by Crippen LogP contribution is -2.25. The van der Waals surface area contributed by atoms with Gasteiger partial charge in [-0.3, -0.25) is 4.79 Å². The van der Waals surface area contributed by atoms with Crippen molar-refractivity contribution in [2.45, 2.75) is 20.2 Å². The number of nitrogens with one attached hydrogen (secondary N) is 1. The number of carbonyl (C=O) groups excluding carboxylic acids is 1. The molecule has 0 aliphatic heterocycles. The number of ether oxygens (including phenoxy) is 1. The molecule has 1 aromatic rings. The zero-order valence-corrected chi connectivity index (χ0v) is 12.7. The van der Waals surface area contributed by atoms with Crippen LogP contribution in [0.5, 0.6) is 5.75 Å². The van der Waals surface area contributed by atoms with E-state index in [-0.39, 0.29) is 16.1 Å². The van der Waals surface area contributed by atoms with Crippen molar-refractivity contribution < 1.29 is 22.7 Å². The number of nitrogens with zero attached hydrogens (tertiary/aromatic N) is 1. The number of hydrogen-bond acceptors (Lipinski definition) is 3. The van der Waals surface area contributed by atoms with Crippen LogP contribution in [-0.4, -0.2) is 12.3 Å². The van der Waals surface area contributed by atoms with Gasteiger partial charge < -0.3 is 10.1 Å². The Hall–Kier alpha value is -1.75. The molecule has 1 aromatic carbocycles. The van der Waals surface area contributed by atoms with Crippen molar-refractivity contribution in [2.75, 3.05) is 5.32 Å². The van der Waals surface area contributed by atoms with Gasteiger partial charge >= 0.3 is 6.36 Å². The lowest BCUT2D eigenvalue weighted by molar-refractivity contribution is -0.274. The van der Waals surface area contributed by atoms with E-state index in [1.165, 1.54) is 12.1 Å². The predicted molar refractivity (Wildman–Crippen MR) is 73.4 cm³/mol. The van der Waals surface area contributed by atoms with E-state index in [4.69, 9.17) is 5.26 Å². The van der Waals surface area contributed by atoms with Gasteiger partial charge in [0, 0.05) is 5.69 Å². The molecule has 0 heterocycles. The highest BCUT2D eigenvalue weighted by atomic mass is 79.9. The first-order chi connectivity index (χ1) is 9.64. The first kappa shape index (κ1) is 17.3. The molecular weight excluding hydrogens is 353 g/mol. The van der Waals surface area contributed by atoms with Crippen LogP contribution in [0.4, 0.5) is 18.9 Å². The Morgan fingerprint density at radius 2 is 2.05 bits per heavy atom. The van der Waals surface area contributed by atoms with E-state index in [1.807, 2.05) is 6.07 Å². The zero-order valence-electron chi connectivity index (χ0n) is 11.2. The minimum Gasteiger partial charge on any atom is -0.405 e. The quantitative estimate of drug-likeness (QED) is 0.875. The molecule has 1 rings (SSSR count). The zero-order chi connectivity index (χ0) is 16.2. The standard InChI is InChI=1S/C13H12BrF3N2O2/c1-7(2)9(6-18)12(20)19-8-3-4-11(10(14)5-8)21-13(15,16)17/h3-5,7,9H,1-2H3,(H,19,20). The van der Waals surface area contributed by atoms with Crippen molar-refractivity contribution in [1.82, 2.24) is 0 Å². The third-order valence-corrected chi connectivity index (χ3v) is 3.13. The van der Waals surface area contributed by atoms with Crippen molar-refractivity contribution in [3.8, 4) is 11.8 Å². The number of hydrogen-bond donors (Lipinski definition) is 1. The van der Waals surface area contributed by atoms with Gasteiger partial charge in [0.15, 0.2) is 0 Å². The molecule has 1 N–H and O–H groups in total. The highest BCUT2D eigenvalue weighted by Crippen LogP contribution is 2.32. The SMILES string of the molecule is CC(C)C(C#N)C(=O)Nc1ccc(OC(F)(F)F)c(Br)c1. The number of carbonyl (C=O) groups is 1. The molecule has 0 radical (unpaired) electrons. The van der Waals surface area contributed by atoms with E-state index in [9.17, 15) is 18.0 Å². The number of halogens is 4. The van der Waals surface area contributed by atoms with E-state index < -0.39 is 23.9 Å². The second-order valence-corrected chi connectivity index (χ2v) is 5.39. The maximum Gasteiger partial charge on any atom is 0.573 e. The largest absolute Gasteiger partial charge is 0.573 e. The summed E-state index contributed by atoms with van der Waals surface area (Å²) in [5, 5.41) is 11.4. The molecule has 0 aromatic heterocycles. The monoisotopic (exact) mass is 364 g/mol. The van der Waals surface area contributed by atoms with Crippen molar-refractivity contribution >= 4 is 27.5 Å². The molecule has 0 spiro atoms. The van der Waals surface area contributed by atoms with Gasteiger partial charge in [0.1, 0.15) is 11.7 Å². The van der Waals surface area contributed by atoms with Crippen LogP contribution in [-0.2, 0) is 4.79 Å². The maximum absolute atomic E-state index is 12.1. The second kappa shape index (κ2) is 6.80. The summed E-state index contributed by atoms with van der Waals surface area (Å²) < 4.78 is 40.2. The first-order valence-corrected chi connectivity index (χ1v) is 6.69. The van der Waals surface area contributed by atoms with Gasteiger partial charge in [0.05, 0.1) is 10.5 Å². The van der Waals surface area contributed by atoms with Gasteiger partial charge in [-0.25, -0.2) is 0 Å². The molecule has 0 bridgehead atoms. The predicted octanol–water partition coefficient (Wildman–Crippen LogP) is 4.08. The first-order valence-electron chi connectivity index (χ1n) is 5.90. The molecule has 4 nitrogen and oxygen atoms in total. The Morgan fingerprint density at radius 3 is 2.48 bits per heavy atom. The Morgan fingerprint density at radius 1 is 1.43 bits per heavy atom. The summed E-state index contributed by atoms with van der Waals surface area (Å²) in [6.07, 6.45) is -4.79. The topological polar surface area (TPSA) is 62.1 Å². The summed E-state index contributed by atoms with van der Waals surface area (Å²) in [6, 6.07) is 5.49. The van der Waals surface area contributed by atoms with Crippen LogP contribution < -0.4 is 10.1 Å². The maximum atomic E-state index is 12.1. The Bertz CT molecular complexity index is 568. The Kier molecular flexibility index (Phi) is 5.61. The van der Waals surface area contributed by atoms with E-state index in [2.05, 4.69) is 26.0 Å². The lowest BCUT2D eigenvalue weighted by atomic mass is 9.96. The van der Waals surface area contributed by atoms with Gasteiger partial charge in [-0.2, -0.15) is 5.26 Å². The van der Waals surface area contributed by atoms with Crippen LogP contribution >= 0.6 is 15.9 Å². The van der Waals surface area contributed by atoms with Crippen LogP contribution in [0, 0.1) is 23.2 Å². The van der Waals surface area contributed by atoms with Crippen LogP contribution in [0.1, 0.15) is 13.8 Å².